The minimum atomic E-state index is -0.626. The van der Waals surface area contributed by atoms with E-state index in [-0.39, 0.29) is 17.1 Å². The number of hydrogen-bond donors (Lipinski definition) is 0. The molecule has 0 radical (unpaired) electrons. The van der Waals surface area contributed by atoms with Crippen LogP contribution in [0.25, 0.3) is 11.0 Å². The molecule has 1 aliphatic rings. The Labute approximate surface area is 189 Å². The topological polar surface area (TPSA) is 72.6 Å². The lowest BCUT2D eigenvalue weighted by Crippen LogP contribution is -2.29. The van der Waals surface area contributed by atoms with Gasteiger partial charge in [-0.15, -0.1) is 11.3 Å². The summed E-state index contributed by atoms with van der Waals surface area (Å²) in [5, 5.41) is 1.02. The third-order valence-electron chi connectivity index (χ3n) is 5.76. The Morgan fingerprint density at radius 1 is 1.09 bits per heavy atom. The van der Waals surface area contributed by atoms with Crippen LogP contribution >= 0.6 is 11.3 Å². The standard InChI is InChI=1S/C25H22N2O4S/c1-5-30-17-9-7-16(8-10-17)21-20-22(28)18-12-13(2)6-11-19(18)31-23(20)24(29)27(21)25-26-14(3)15(4)32-25/h6-12,21H,5H2,1-4H3/t21-/m0/s1. The molecule has 0 bridgehead atoms. The number of carbonyl (C=O) groups is 1. The molecule has 0 fully saturated rings. The van der Waals surface area contributed by atoms with E-state index in [2.05, 4.69) is 4.98 Å². The fraction of sp³-hybridized carbons (Fsp3) is 0.240. The second-order valence-corrected chi connectivity index (χ2v) is 9.07. The summed E-state index contributed by atoms with van der Waals surface area (Å²) >= 11 is 1.43. The Balaban J connectivity index is 1.77. The van der Waals surface area contributed by atoms with Crippen molar-refractivity contribution in [3.8, 4) is 5.75 Å². The number of aryl methyl sites for hydroxylation is 3. The number of anilines is 1. The maximum atomic E-state index is 13.6. The van der Waals surface area contributed by atoms with Crippen molar-refractivity contribution in [3.63, 3.8) is 0 Å². The summed E-state index contributed by atoms with van der Waals surface area (Å²) in [6.45, 7) is 8.29. The minimum absolute atomic E-state index is 0.0794. The highest BCUT2D eigenvalue weighted by Crippen LogP contribution is 2.43. The van der Waals surface area contributed by atoms with Crippen molar-refractivity contribution in [1.29, 1.82) is 0 Å². The third-order valence-corrected chi connectivity index (χ3v) is 6.83. The molecule has 0 aliphatic carbocycles. The molecule has 4 aromatic rings. The lowest BCUT2D eigenvalue weighted by atomic mass is 9.98. The molecule has 1 atom stereocenters. The van der Waals surface area contributed by atoms with Crippen molar-refractivity contribution < 1.29 is 13.9 Å². The molecule has 32 heavy (non-hydrogen) atoms. The van der Waals surface area contributed by atoms with Gasteiger partial charge in [-0.1, -0.05) is 23.8 Å². The number of amides is 1. The van der Waals surface area contributed by atoms with E-state index < -0.39 is 6.04 Å². The van der Waals surface area contributed by atoms with Crippen molar-refractivity contribution in [3.05, 3.63) is 85.7 Å². The summed E-state index contributed by atoms with van der Waals surface area (Å²) in [4.78, 5) is 34.4. The van der Waals surface area contributed by atoms with Crippen molar-refractivity contribution in [2.45, 2.75) is 33.7 Å². The van der Waals surface area contributed by atoms with Crippen LogP contribution in [0.3, 0.4) is 0 Å². The van der Waals surface area contributed by atoms with Gasteiger partial charge in [-0.2, -0.15) is 0 Å². The van der Waals surface area contributed by atoms with Crippen LogP contribution in [-0.4, -0.2) is 17.5 Å². The Morgan fingerprint density at radius 2 is 1.84 bits per heavy atom. The van der Waals surface area contributed by atoms with Gasteiger partial charge in [0.05, 0.1) is 29.3 Å². The summed E-state index contributed by atoms with van der Waals surface area (Å²) in [6.07, 6.45) is 0. The third kappa shape index (κ3) is 3.12. The largest absolute Gasteiger partial charge is 0.494 e. The number of nitrogens with zero attached hydrogens (tertiary/aromatic N) is 2. The number of carbonyl (C=O) groups excluding carboxylic acids is 1. The molecule has 1 aliphatic heterocycles. The fourth-order valence-electron chi connectivity index (χ4n) is 4.07. The second kappa shape index (κ2) is 7.60. The summed E-state index contributed by atoms with van der Waals surface area (Å²) in [7, 11) is 0. The molecule has 0 saturated carbocycles. The molecule has 5 rings (SSSR count). The SMILES string of the molecule is CCOc1ccc([C@H]2c3c(oc4ccc(C)cc4c3=O)C(=O)N2c2nc(C)c(C)s2)cc1. The van der Waals surface area contributed by atoms with Gasteiger partial charge in [0.25, 0.3) is 5.91 Å². The first-order valence-corrected chi connectivity index (χ1v) is 11.3. The van der Waals surface area contributed by atoms with Crippen molar-refractivity contribution in [2.24, 2.45) is 0 Å². The second-order valence-electron chi connectivity index (χ2n) is 7.89. The number of rotatable bonds is 4. The van der Waals surface area contributed by atoms with Crippen LogP contribution in [0, 0.1) is 20.8 Å². The fourth-order valence-corrected chi connectivity index (χ4v) is 5.01. The molecule has 2 aromatic heterocycles. The highest BCUT2D eigenvalue weighted by atomic mass is 32.1. The Kier molecular flexibility index (Phi) is 4.86. The van der Waals surface area contributed by atoms with E-state index in [1.165, 1.54) is 11.3 Å². The van der Waals surface area contributed by atoms with Gasteiger partial charge in [0, 0.05) is 4.88 Å². The van der Waals surface area contributed by atoms with Crippen LogP contribution in [0.1, 0.15) is 50.8 Å². The zero-order valence-electron chi connectivity index (χ0n) is 18.3. The molecular formula is C25H22N2O4S. The average molecular weight is 447 g/mol. The number of thiazole rings is 1. The number of ether oxygens (including phenoxy) is 1. The van der Waals surface area contributed by atoms with E-state index in [1.54, 1.807) is 11.0 Å². The van der Waals surface area contributed by atoms with Crippen LogP contribution < -0.4 is 15.1 Å². The monoisotopic (exact) mass is 446 g/mol. The molecule has 162 valence electrons. The molecule has 7 heteroatoms. The predicted molar refractivity (Wildman–Crippen MR) is 125 cm³/mol. The quantitative estimate of drug-likeness (QED) is 0.424. The molecule has 0 N–H and O–H groups in total. The van der Waals surface area contributed by atoms with Gasteiger partial charge in [-0.25, -0.2) is 4.98 Å². The number of benzene rings is 2. The maximum Gasteiger partial charge on any atom is 0.297 e. The summed E-state index contributed by atoms with van der Waals surface area (Å²) in [5.41, 5.74) is 3.18. The van der Waals surface area contributed by atoms with Crippen molar-refractivity contribution in [2.75, 3.05) is 11.5 Å². The predicted octanol–water partition coefficient (Wildman–Crippen LogP) is 5.32. The lowest BCUT2D eigenvalue weighted by Gasteiger charge is -2.22. The molecule has 2 aromatic carbocycles. The average Bonchev–Trinajstić information content (AvgIpc) is 3.26. The molecular weight excluding hydrogens is 424 g/mol. The van der Waals surface area contributed by atoms with Gasteiger partial charge in [-0.3, -0.25) is 14.5 Å². The first-order valence-electron chi connectivity index (χ1n) is 10.5. The van der Waals surface area contributed by atoms with Gasteiger partial charge < -0.3 is 9.15 Å². The molecule has 0 spiro atoms. The number of hydrogen-bond acceptors (Lipinski definition) is 6. The van der Waals surface area contributed by atoms with Gasteiger partial charge >= 0.3 is 0 Å². The number of aromatic nitrogens is 1. The van der Waals surface area contributed by atoms with Gasteiger partial charge in [0.15, 0.2) is 10.6 Å². The van der Waals surface area contributed by atoms with Gasteiger partial charge in [-0.05, 0) is 57.5 Å². The summed E-state index contributed by atoms with van der Waals surface area (Å²) in [5.74, 6) is 0.456. The number of fused-ring (bicyclic) bond motifs is 2. The van der Waals surface area contributed by atoms with Crippen LogP contribution in [0.15, 0.2) is 51.7 Å². The molecule has 1 amide bonds. The van der Waals surface area contributed by atoms with E-state index in [9.17, 15) is 9.59 Å². The van der Waals surface area contributed by atoms with Crippen LogP contribution in [0.5, 0.6) is 5.75 Å². The Bertz CT molecular complexity index is 1400. The van der Waals surface area contributed by atoms with E-state index in [0.717, 1.165) is 27.4 Å². The molecule has 3 heterocycles. The lowest BCUT2D eigenvalue weighted by molar-refractivity contribution is 0.0971. The van der Waals surface area contributed by atoms with E-state index in [0.29, 0.717) is 28.3 Å². The molecule has 0 unspecified atom stereocenters. The smallest absolute Gasteiger partial charge is 0.297 e. The van der Waals surface area contributed by atoms with Crippen molar-refractivity contribution in [1.82, 2.24) is 4.98 Å². The maximum absolute atomic E-state index is 13.6. The van der Waals surface area contributed by atoms with E-state index in [4.69, 9.17) is 9.15 Å². The van der Waals surface area contributed by atoms with Gasteiger partial charge in [0.1, 0.15) is 11.3 Å². The van der Waals surface area contributed by atoms with Crippen LogP contribution in [-0.2, 0) is 0 Å². The first-order chi connectivity index (χ1) is 15.4. The highest BCUT2D eigenvalue weighted by molar-refractivity contribution is 7.15. The summed E-state index contributed by atoms with van der Waals surface area (Å²) < 4.78 is 11.6. The minimum Gasteiger partial charge on any atom is -0.494 e. The van der Waals surface area contributed by atoms with Crippen LogP contribution in [0.2, 0.25) is 0 Å². The van der Waals surface area contributed by atoms with Crippen LogP contribution in [0.4, 0.5) is 5.13 Å². The van der Waals surface area contributed by atoms with E-state index in [1.807, 2.05) is 64.1 Å². The summed E-state index contributed by atoms with van der Waals surface area (Å²) in [6, 6.07) is 12.3. The Hall–Kier alpha value is -3.45. The normalized spacial score (nSPS) is 15.4. The zero-order valence-corrected chi connectivity index (χ0v) is 19.1. The highest BCUT2D eigenvalue weighted by Gasteiger charge is 2.45. The first kappa shape index (κ1) is 20.5. The molecule has 6 nitrogen and oxygen atoms in total. The van der Waals surface area contributed by atoms with Crippen molar-refractivity contribution >= 4 is 33.3 Å². The Morgan fingerprint density at radius 3 is 2.50 bits per heavy atom. The molecule has 0 saturated heterocycles. The zero-order chi connectivity index (χ0) is 22.6. The van der Waals surface area contributed by atoms with Gasteiger partial charge in [0.2, 0.25) is 5.76 Å². The van der Waals surface area contributed by atoms with E-state index >= 15 is 0 Å².